The highest BCUT2D eigenvalue weighted by Crippen LogP contribution is 2.25. The Balaban J connectivity index is 2.19. The zero-order valence-electron chi connectivity index (χ0n) is 10.8. The fourth-order valence-corrected chi connectivity index (χ4v) is 2.09. The molecule has 2 aromatic heterocycles. The Morgan fingerprint density at radius 1 is 1.33 bits per heavy atom. The first-order chi connectivity index (χ1) is 10.2. The number of para-hydroxylation sites is 1. The smallest absolute Gasteiger partial charge is 0.248 e. The number of nitrogens with one attached hydrogen (secondary N) is 1. The lowest BCUT2D eigenvalue weighted by Gasteiger charge is -2.01. The van der Waals surface area contributed by atoms with Crippen LogP contribution in [0.15, 0.2) is 49.2 Å². The summed E-state index contributed by atoms with van der Waals surface area (Å²) in [5.41, 5.74) is 0.798. The van der Waals surface area contributed by atoms with Gasteiger partial charge < -0.3 is 5.32 Å². The third-order valence-electron chi connectivity index (χ3n) is 2.84. The summed E-state index contributed by atoms with van der Waals surface area (Å²) in [6.45, 7) is 3.43. The number of benzene rings is 1. The van der Waals surface area contributed by atoms with Gasteiger partial charge in [-0.05, 0) is 29.8 Å². The zero-order valence-corrected chi connectivity index (χ0v) is 11.6. The predicted octanol–water partition coefficient (Wildman–Crippen LogP) is 2.59. The fourth-order valence-electron chi connectivity index (χ4n) is 1.95. The molecule has 1 aromatic carbocycles. The van der Waals surface area contributed by atoms with Gasteiger partial charge in [-0.25, -0.2) is 9.67 Å². The van der Waals surface area contributed by atoms with Gasteiger partial charge in [-0.2, -0.15) is 4.98 Å². The Kier molecular flexibility index (Phi) is 3.37. The van der Waals surface area contributed by atoms with E-state index in [9.17, 15) is 4.79 Å². The monoisotopic (exact) mass is 299 g/mol. The number of amides is 1. The molecule has 1 N–H and O–H groups in total. The van der Waals surface area contributed by atoms with Gasteiger partial charge in [-0.3, -0.25) is 4.79 Å². The highest BCUT2D eigenvalue weighted by Gasteiger charge is 2.13. The van der Waals surface area contributed by atoms with Crippen LogP contribution in [0.25, 0.3) is 16.7 Å². The molecule has 0 bridgehead atoms. The Labute approximate surface area is 125 Å². The molecule has 1 amide bonds. The van der Waals surface area contributed by atoms with Gasteiger partial charge in [0, 0.05) is 17.6 Å². The Hall–Kier alpha value is -2.73. The van der Waals surface area contributed by atoms with Gasteiger partial charge in [0.15, 0.2) is 11.6 Å². The molecule has 7 heteroatoms. The van der Waals surface area contributed by atoms with Crippen LogP contribution in [0.5, 0.6) is 0 Å². The second-order valence-corrected chi connectivity index (χ2v) is 4.49. The largest absolute Gasteiger partial charge is 0.305 e. The van der Waals surface area contributed by atoms with Crippen molar-refractivity contribution >= 4 is 34.2 Å². The molecule has 0 aliphatic rings. The van der Waals surface area contributed by atoms with Gasteiger partial charge >= 0.3 is 0 Å². The van der Waals surface area contributed by atoms with E-state index < -0.39 is 0 Å². The van der Waals surface area contributed by atoms with E-state index >= 15 is 0 Å². The number of rotatable bonds is 3. The van der Waals surface area contributed by atoms with E-state index in [1.165, 1.54) is 6.08 Å². The number of carbonyl (C=O) groups is 1. The minimum absolute atomic E-state index is 0.128. The van der Waals surface area contributed by atoms with Crippen molar-refractivity contribution in [2.24, 2.45) is 0 Å². The van der Waals surface area contributed by atoms with Crippen LogP contribution in [0.3, 0.4) is 0 Å². The van der Waals surface area contributed by atoms with Crippen LogP contribution in [0.2, 0.25) is 5.28 Å². The van der Waals surface area contributed by atoms with Crippen LogP contribution in [0, 0.1) is 0 Å². The van der Waals surface area contributed by atoms with Crippen molar-refractivity contribution in [3.8, 4) is 5.82 Å². The van der Waals surface area contributed by atoms with E-state index in [-0.39, 0.29) is 11.2 Å². The van der Waals surface area contributed by atoms with Gasteiger partial charge in [0.25, 0.3) is 0 Å². The molecule has 3 aromatic rings. The number of anilines is 1. The highest BCUT2D eigenvalue weighted by atomic mass is 35.5. The summed E-state index contributed by atoms with van der Waals surface area (Å²) >= 11 is 5.81. The van der Waals surface area contributed by atoms with E-state index in [0.717, 1.165) is 10.9 Å². The average molecular weight is 300 g/mol. The number of fused-ring (bicyclic) bond motifs is 1. The first-order valence-electron chi connectivity index (χ1n) is 6.09. The predicted molar refractivity (Wildman–Crippen MR) is 80.5 cm³/mol. The van der Waals surface area contributed by atoms with E-state index in [1.54, 1.807) is 16.9 Å². The number of hydrogen-bond acceptors (Lipinski definition) is 4. The molecule has 0 atom stereocenters. The van der Waals surface area contributed by atoms with Crippen LogP contribution in [-0.2, 0) is 4.79 Å². The molecular weight excluding hydrogens is 290 g/mol. The molecule has 0 aliphatic carbocycles. The molecule has 0 aliphatic heterocycles. The maximum Gasteiger partial charge on any atom is 0.248 e. The first kappa shape index (κ1) is 13.3. The summed E-state index contributed by atoms with van der Waals surface area (Å²) in [4.78, 5) is 19.5. The highest BCUT2D eigenvalue weighted by molar-refractivity contribution is 6.28. The van der Waals surface area contributed by atoms with Gasteiger partial charge in [-0.15, -0.1) is 5.10 Å². The molecule has 3 rings (SSSR count). The minimum Gasteiger partial charge on any atom is -0.305 e. The lowest BCUT2D eigenvalue weighted by Crippen LogP contribution is -2.08. The van der Waals surface area contributed by atoms with Crippen LogP contribution < -0.4 is 5.32 Å². The molecule has 21 heavy (non-hydrogen) atoms. The topological polar surface area (TPSA) is 72.7 Å². The van der Waals surface area contributed by atoms with Crippen molar-refractivity contribution in [2.75, 3.05) is 5.32 Å². The van der Waals surface area contributed by atoms with E-state index in [4.69, 9.17) is 11.6 Å². The average Bonchev–Trinajstić information content (AvgIpc) is 2.86. The second-order valence-electron chi connectivity index (χ2n) is 4.15. The molecule has 2 heterocycles. The maximum atomic E-state index is 11.5. The molecule has 0 unspecified atom stereocenters. The van der Waals surface area contributed by atoms with Crippen molar-refractivity contribution in [1.82, 2.24) is 19.7 Å². The fraction of sp³-hybridized carbons (Fsp3) is 0. The minimum atomic E-state index is -0.328. The summed E-state index contributed by atoms with van der Waals surface area (Å²) < 4.78 is 1.60. The van der Waals surface area contributed by atoms with Crippen molar-refractivity contribution in [1.29, 1.82) is 0 Å². The third-order valence-corrected chi connectivity index (χ3v) is 3.02. The Morgan fingerprint density at radius 2 is 2.14 bits per heavy atom. The molecule has 6 nitrogen and oxygen atoms in total. The summed E-state index contributed by atoms with van der Waals surface area (Å²) in [5.74, 6) is 0.627. The zero-order chi connectivity index (χ0) is 14.8. The van der Waals surface area contributed by atoms with E-state index in [0.29, 0.717) is 11.6 Å². The van der Waals surface area contributed by atoms with E-state index in [1.807, 2.05) is 24.3 Å². The summed E-state index contributed by atoms with van der Waals surface area (Å²) in [6.07, 6.45) is 2.73. The molecule has 0 spiro atoms. The quantitative estimate of drug-likeness (QED) is 0.596. The Bertz CT molecular complexity index is 842. The molecule has 0 saturated carbocycles. The van der Waals surface area contributed by atoms with Crippen LogP contribution in [0.4, 0.5) is 5.82 Å². The first-order valence-corrected chi connectivity index (χ1v) is 6.47. The summed E-state index contributed by atoms with van der Waals surface area (Å²) in [7, 11) is 0. The van der Waals surface area contributed by atoms with Crippen molar-refractivity contribution in [2.45, 2.75) is 0 Å². The third kappa shape index (κ3) is 2.48. The van der Waals surface area contributed by atoms with Gasteiger partial charge in [-0.1, -0.05) is 18.7 Å². The van der Waals surface area contributed by atoms with Gasteiger partial charge in [0.1, 0.15) is 0 Å². The van der Waals surface area contributed by atoms with Crippen LogP contribution in [0.1, 0.15) is 0 Å². The second kappa shape index (κ2) is 5.34. The SMILES string of the molecule is C=CC(=O)Nc1nn(-c2ccnc(Cl)n2)c2ccccc12. The molecular formula is C14H10ClN5O. The van der Waals surface area contributed by atoms with E-state index in [2.05, 4.69) is 27.0 Å². The number of carbonyl (C=O) groups excluding carboxylic acids is 1. The van der Waals surface area contributed by atoms with Gasteiger partial charge in [0.05, 0.1) is 5.52 Å². The lowest BCUT2D eigenvalue weighted by molar-refractivity contribution is -0.111. The van der Waals surface area contributed by atoms with Crippen LogP contribution in [-0.4, -0.2) is 25.7 Å². The standard InChI is InChI=1S/C14H10ClN5O/c1-2-12(21)18-13-9-5-3-4-6-10(9)20(19-13)11-7-8-16-14(15)17-11/h2-8H,1H2,(H,18,19,21). The van der Waals surface area contributed by atoms with Crippen molar-refractivity contribution < 1.29 is 4.79 Å². The maximum absolute atomic E-state index is 11.5. The molecule has 104 valence electrons. The Morgan fingerprint density at radius 3 is 2.90 bits per heavy atom. The van der Waals surface area contributed by atoms with Crippen molar-refractivity contribution in [3.05, 3.63) is 54.5 Å². The molecule has 0 radical (unpaired) electrons. The van der Waals surface area contributed by atoms with Crippen molar-refractivity contribution in [3.63, 3.8) is 0 Å². The number of nitrogens with zero attached hydrogens (tertiary/aromatic N) is 4. The molecule has 0 saturated heterocycles. The summed E-state index contributed by atoms with van der Waals surface area (Å²) in [6, 6.07) is 9.17. The van der Waals surface area contributed by atoms with Crippen LogP contribution >= 0.6 is 11.6 Å². The number of halogens is 1. The van der Waals surface area contributed by atoms with Gasteiger partial charge in [0.2, 0.25) is 11.2 Å². The molecule has 0 fully saturated rings. The lowest BCUT2D eigenvalue weighted by atomic mass is 10.2. The number of aromatic nitrogens is 4. The normalized spacial score (nSPS) is 10.5. The summed E-state index contributed by atoms with van der Waals surface area (Å²) in [5, 5.41) is 7.97. The number of hydrogen-bond donors (Lipinski definition) is 1.